The third-order valence-electron chi connectivity index (χ3n) is 4.44. The van der Waals surface area contributed by atoms with Crippen LogP contribution in [0.25, 0.3) is 0 Å². The van der Waals surface area contributed by atoms with Crippen molar-refractivity contribution in [2.75, 3.05) is 32.7 Å². The van der Waals surface area contributed by atoms with Gasteiger partial charge >= 0.3 is 0 Å². The lowest BCUT2D eigenvalue weighted by atomic mass is 10.1. The highest BCUT2D eigenvalue weighted by atomic mass is 35.5. The molecule has 0 saturated carbocycles. The van der Waals surface area contributed by atoms with Crippen LogP contribution < -0.4 is 5.73 Å². The standard InChI is InChI=1S/C18H24N4OS.2ClH/c1-14-4-2-3-5-15(14)12-21-8-10-22(11-9-21)18(23)16-13-24-17(20-16)6-7-19;;/h2-5,13H,6-12,19H2,1H3;2*1H. The van der Waals surface area contributed by atoms with Gasteiger partial charge in [-0.25, -0.2) is 4.98 Å². The normalized spacial score (nSPS) is 14.5. The van der Waals surface area contributed by atoms with Gasteiger partial charge in [0.15, 0.2) is 0 Å². The molecule has 144 valence electrons. The zero-order chi connectivity index (χ0) is 16.9. The molecule has 0 radical (unpaired) electrons. The summed E-state index contributed by atoms with van der Waals surface area (Å²) in [6.07, 6.45) is 0.738. The number of amides is 1. The minimum Gasteiger partial charge on any atom is -0.335 e. The Morgan fingerprint density at radius 2 is 1.88 bits per heavy atom. The molecule has 8 heteroatoms. The van der Waals surface area contributed by atoms with E-state index < -0.39 is 0 Å². The van der Waals surface area contributed by atoms with Crippen molar-refractivity contribution in [3.8, 4) is 0 Å². The minimum absolute atomic E-state index is 0. The Bertz CT molecular complexity index is 702. The molecule has 1 saturated heterocycles. The van der Waals surface area contributed by atoms with Gasteiger partial charge in [0, 0.05) is 44.5 Å². The molecule has 1 aliphatic rings. The van der Waals surface area contributed by atoms with Crippen molar-refractivity contribution in [2.45, 2.75) is 19.9 Å². The Morgan fingerprint density at radius 1 is 1.19 bits per heavy atom. The van der Waals surface area contributed by atoms with E-state index in [0.717, 1.165) is 44.2 Å². The summed E-state index contributed by atoms with van der Waals surface area (Å²) < 4.78 is 0. The maximum absolute atomic E-state index is 12.6. The van der Waals surface area contributed by atoms with Gasteiger partial charge in [-0.3, -0.25) is 9.69 Å². The maximum Gasteiger partial charge on any atom is 0.273 e. The smallest absolute Gasteiger partial charge is 0.273 e. The van der Waals surface area contributed by atoms with Crippen LogP contribution in [0.2, 0.25) is 0 Å². The fourth-order valence-electron chi connectivity index (χ4n) is 2.95. The average molecular weight is 417 g/mol. The van der Waals surface area contributed by atoms with Gasteiger partial charge in [0.1, 0.15) is 5.69 Å². The monoisotopic (exact) mass is 416 g/mol. The van der Waals surface area contributed by atoms with Crippen LogP contribution in [0.5, 0.6) is 0 Å². The van der Waals surface area contributed by atoms with Gasteiger partial charge in [-0.2, -0.15) is 0 Å². The molecule has 0 bridgehead atoms. The summed E-state index contributed by atoms with van der Waals surface area (Å²) in [7, 11) is 0. The van der Waals surface area contributed by atoms with Gasteiger partial charge in [-0.05, 0) is 24.6 Å². The summed E-state index contributed by atoms with van der Waals surface area (Å²) in [6.45, 7) is 6.99. The van der Waals surface area contributed by atoms with Crippen molar-refractivity contribution in [1.29, 1.82) is 0 Å². The number of hydrogen-bond acceptors (Lipinski definition) is 5. The molecule has 1 fully saturated rings. The summed E-state index contributed by atoms with van der Waals surface area (Å²) in [5.74, 6) is 0.0464. The first kappa shape index (κ1) is 22.9. The molecule has 3 rings (SSSR count). The molecule has 0 spiro atoms. The predicted molar refractivity (Wildman–Crippen MR) is 112 cm³/mol. The first-order chi connectivity index (χ1) is 11.7. The molecule has 2 heterocycles. The molecule has 0 unspecified atom stereocenters. The summed E-state index contributed by atoms with van der Waals surface area (Å²) in [6, 6.07) is 8.49. The van der Waals surface area contributed by atoms with E-state index in [9.17, 15) is 4.79 Å². The lowest BCUT2D eigenvalue weighted by Crippen LogP contribution is -2.48. The molecule has 0 aliphatic carbocycles. The van der Waals surface area contributed by atoms with Crippen molar-refractivity contribution in [2.24, 2.45) is 5.73 Å². The van der Waals surface area contributed by atoms with Crippen molar-refractivity contribution < 1.29 is 4.79 Å². The number of rotatable bonds is 5. The number of nitrogens with two attached hydrogens (primary N) is 1. The summed E-state index contributed by atoms with van der Waals surface area (Å²) in [4.78, 5) is 21.3. The SMILES string of the molecule is Cc1ccccc1CN1CCN(C(=O)c2csc(CCN)n2)CC1.Cl.Cl. The zero-order valence-electron chi connectivity index (χ0n) is 14.9. The second-order valence-corrected chi connectivity index (χ2v) is 7.10. The number of benzene rings is 1. The lowest BCUT2D eigenvalue weighted by Gasteiger charge is -2.34. The van der Waals surface area contributed by atoms with E-state index in [1.54, 1.807) is 0 Å². The van der Waals surface area contributed by atoms with E-state index in [1.165, 1.54) is 22.5 Å². The molecule has 26 heavy (non-hydrogen) atoms. The Hall–Kier alpha value is -1.18. The summed E-state index contributed by atoms with van der Waals surface area (Å²) in [5, 5.41) is 2.80. The van der Waals surface area contributed by atoms with Crippen LogP contribution in [0.3, 0.4) is 0 Å². The van der Waals surface area contributed by atoms with Gasteiger partial charge in [0.2, 0.25) is 0 Å². The number of aryl methyl sites for hydroxylation is 1. The highest BCUT2D eigenvalue weighted by Crippen LogP contribution is 2.16. The third-order valence-corrected chi connectivity index (χ3v) is 5.35. The minimum atomic E-state index is 0. The van der Waals surface area contributed by atoms with Crippen LogP contribution in [0, 0.1) is 6.92 Å². The van der Waals surface area contributed by atoms with Crippen LogP contribution >= 0.6 is 36.2 Å². The largest absolute Gasteiger partial charge is 0.335 e. The lowest BCUT2D eigenvalue weighted by molar-refractivity contribution is 0.0623. The number of hydrogen-bond donors (Lipinski definition) is 1. The molecule has 1 aliphatic heterocycles. The number of carbonyl (C=O) groups is 1. The maximum atomic E-state index is 12.6. The molecular formula is C18H26Cl2N4OS. The van der Waals surface area contributed by atoms with Crippen LogP contribution in [0.1, 0.15) is 26.6 Å². The molecule has 1 aromatic carbocycles. The molecule has 2 N–H and O–H groups in total. The van der Waals surface area contributed by atoms with Gasteiger partial charge in [0.05, 0.1) is 5.01 Å². The third kappa shape index (κ3) is 5.66. The number of nitrogens with zero attached hydrogens (tertiary/aromatic N) is 3. The van der Waals surface area contributed by atoms with Crippen LogP contribution in [0.15, 0.2) is 29.6 Å². The van der Waals surface area contributed by atoms with Gasteiger partial charge < -0.3 is 10.6 Å². The molecule has 2 aromatic rings. The first-order valence-corrected chi connectivity index (χ1v) is 9.26. The fourth-order valence-corrected chi connectivity index (χ4v) is 3.73. The van der Waals surface area contributed by atoms with Crippen LogP contribution in [-0.4, -0.2) is 53.4 Å². The average Bonchev–Trinajstić information content (AvgIpc) is 3.06. The van der Waals surface area contributed by atoms with Crippen molar-refractivity contribution in [3.05, 3.63) is 51.5 Å². The Balaban J connectivity index is 0.00000169. The number of piperazine rings is 1. The van der Waals surface area contributed by atoms with E-state index in [2.05, 4.69) is 41.1 Å². The van der Waals surface area contributed by atoms with Crippen molar-refractivity contribution >= 4 is 42.1 Å². The topological polar surface area (TPSA) is 62.5 Å². The molecule has 0 atom stereocenters. The van der Waals surface area contributed by atoms with Crippen LogP contribution in [0.4, 0.5) is 0 Å². The second-order valence-electron chi connectivity index (χ2n) is 6.16. The predicted octanol–water partition coefficient (Wildman–Crippen LogP) is 2.75. The zero-order valence-corrected chi connectivity index (χ0v) is 17.3. The van der Waals surface area contributed by atoms with Crippen LogP contribution in [-0.2, 0) is 13.0 Å². The fraction of sp³-hybridized carbons (Fsp3) is 0.444. The molecule has 1 aromatic heterocycles. The van der Waals surface area contributed by atoms with Gasteiger partial charge in [0.25, 0.3) is 5.91 Å². The Labute approximate surface area is 171 Å². The highest BCUT2D eigenvalue weighted by Gasteiger charge is 2.24. The summed E-state index contributed by atoms with van der Waals surface area (Å²) in [5.41, 5.74) is 8.80. The van der Waals surface area contributed by atoms with E-state index in [-0.39, 0.29) is 30.7 Å². The second kappa shape index (κ2) is 10.8. The Morgan fingerprint density at radius 3 is 2.54 bits per heavy atom. The Kier molecular flexibility index (Phi) is 9.54. The number of carbonyl (C=O) groups excluding carboxylic acids is 1. The van der Waals surface area contributed by atoms with E-state index in [0.29, 0.717) is 12.2 Å². The van der Waals surface area contributed by atoms with Crippen molar-refractivity contribution in [3.63, 3.8) is 0 Å². The highest BCUT2D eigenvalue weighted by molar-refractivity contribution is 7.09. The molecule has 1 amide bonds. The van der Waals surface area contributed by atoms with Crippen molar-refractivity contribution in [1.82, 2.24) is 14.8 Å². The van der Waals surface area contributed by atoms with E-state index in [1.807, 2.05) is 10.3 Å². The molecule has 5 nitrogen and oxygen atoms in total. The molecular weight excluding hydrogens is 391 g/mol. The van der Waals surface area contributed by atoms with Gasteiger partial charge in [-0.15, -0.1) is 36.2 Å². The van der Waals surface area contributed by atoms with E-state index >= 15 is 0 Å². The van der Waals surface area contributed by atoms with E-state index in [4.69, 9.17) is 5.73 Å². The summed E-state index contributed by atoms with van der Waals surface area (Å²) >= 11 is 1.52. The van der Waals surface area contributed by atoms with Gasteiger partial charge in [-0.1, -0.05) is 24.3 Å². The first-order valence-electron chi connectivity index (χ1n) is 8.38. The number of halogens is 2. The number of thiazole rings is 1. The quantitative estimate of drug-likeness (QED) is 0.813. The number of aromatic nitrogens is 1.